The van der Waals surface area contributed by atoms with Crippen molar-refractivity contribution < 1.29 is 4.79 Å². The van der Waals surface area contributed by atoms with E-state index in [1.165, 1.54) is 22.4 Å². The molecule has 0 atom stereocenters. The summed E-state index contributed by atoms with van der Waals surface area (Å²) in [5.41, 5.74) is 4.93. The molecule has 0 radical (unpaired) electrons. The van der Waals surface area contributed by atoms with E-state index in [0.717, 1.165) is 6.54 Å². The molecular weight excluding hydrogens is 224 g/mol. The van der Waals surface area contributed by atoms with Crippen LogP contribution in [-0.2, 0) is 4.79 Å². The molecule has 0 saturated carbocycles. The van der Waals surface area contributed by atoms with E-state index in [2.05, 4.69) is 50.0 Å². The van der Waals surface area contributed by atoms with Crippen molar-refractivity contribution in [3.63, 3.8) is 0 Å². The Balaban J connectivity index is 2.98. The average molecular weight is 248 g/mol. The van der Waals surface area contributed by atoms with Crippen LogP contribution in [0.4, 0.5) is 5.69 Å². The van der Waals surface area contributed by atoms with Gasteiger partial charge in [0.15, 0.2) is 0 Å². The summed E-state index contributed by atoms with van der Waals surface area (Å²) in [6.07, 6.45) is 0. The van der Waals surface area contributed by atoms with Crippen LogP contribution in [0.3, 0.4) is 0 Å². The van der Waals surface area contributed by atoms with Gasteiger partial charge in [-0.05, 0) is 45.7 Å². The fraction of sp³-hybridized carbons (Fsp3) is 0.533. The zero-order valence-corrected chi connectivity index (χ0v) is 12.1. The maximum absolute atomic E-state index is 11.7. The lowest BCUT2D eigenvalue weighted by Gasteiger charge is -2.26. The molecule has 1 aromatic carbocycles. The van der Waals surface area contributed by atoms with E-state index in [9.17, 15) is 4.79 Å². The number of amides is 1. The molecule has 0 aliphatic rings. The van der Waals surface area contributed by atoms with Crippen LogP contribution < -0.4 is 10.2 Å². The molecule has 0 aromatic heterocycles. The third-order valence-corrected chi connectivity index (χ3v) is 3.04. The highest BCUT2D eigenvalue weighted by atomic mass is 16.2. The highest BCUT2D eigenvalue weighted by Crippen LogP contribution is 2.25. The van der Waals surface area contributed by atoms with Crippen molar-refractivity contribution in [1.82, 2.24) is 5.32 Å². The van der Waals surface area contributed by atoms with Crippen LogP contribution in [0, 0.1) is 20.8 Å². The zero-order valence-electron chi connectivity index (χ0n) is 12.1. The molecule has 1 aromatic rings. The summed E-state index contributed by atoms with van der Waals surface area (Å²) in [6.45, 7) is 12.3. The van der Waals surface area contributed by atoms with Crippen LogP contribution in [0.5, 0.6) is 0 Å². The normalized spacial score (nSPS) is 10.3. The Morgan fingerprint density at radius 3 is 2.17 bits per heavy atom. The van der Waals surface area contributed by atoms with E-state index in [1.54, 1.807) is 0 Å². The Kier molecular flexibility index (Phi) is 5.20. The smallest absolute Gasteiger partial charge is 0.239 e. The Hall–Kier alpha value is -1.51. The molecule has 0 fully saturated rings. The molecule has 0 spiro atoms. The predicted molar refractivity (Wildman–Crippen MR) is 77.2 cm³/mol. The lowest BCUT2D eigenvalue weighted by atomic mass is 10.0. The van der Waals surface area contributed by atoms with Crippen molar-refractivity contribution in [2.75, 3.05) is 24.5 Å². The molecule has 3 heteroatoms. The van der Waals surface area contributed by atoms with Crippen molar-refractivity contribution in [3.8, 4) is 0 Å². The van der Waals surface area contributed by atoms with Gasteiger partial charge in [-0.1, -0.05) is 17.7 Å². The number of carbonyl (C=O) groups is 1. The largest absolute Gasteiger partial charge is 0.362 e. The molecule has 1 rings (SSSR count). The highest BCUT2D eigenvalue weighted by molar-refractivity contribution is 5.82. The number of aryl methyl sites for hydroxylation is 3. The number of nitrogens with one attached hydrogen (secondary N) is 1. The number of likely N-dealkylation sites (N-methyl/N-ethyl adjacent to an activating group) is 2. The van der Waals surface area contributed by atoms with Crippen LogP contribution in [0.1, 0.15) is 30.5 Å². The number of carbonyl (C=O) groups excluding carboxylic acids is 1. The maximum Gasteiger partial charge on any atom is 0.239 e. The molecule has 3 nitrogen and oxygen atoms in total. The topological polar surface area (TPSA) is 32.3 Å². The average Bonchev–Trinajstić information content (AvgIpc) is 2.26. The Bertz CT molecular complexity index is 403. The van der Waals surface area contributed by atoms with Gasteiger partial charge in [0.2, 0.25) is 5.91 Å². The molecule has 18 heavy (non-hydrogen) atoms. The van der Waals surface area contributed by atoms with Crippen molar-refractivity contribution >= 4 is 11.6 Å². The second-order valence-corrected chi connectivity index (χ2v) is 4.72. The van der Waals surface area contributed by atoms with E-state index < -0.39 is 0 Å². The standard InChI is InChI=1S/C15H24N2O/c1-6-16-14(18)10-17(7-2)15-12(4)8-11(3)9-13(15)5/h8-9H,6-7,10H2,1-5H3,(H,16,18). The van der Waals surface area contributed by atoms with Gasteiger partial charge < -0.3 is 10.2 Å². The van der Waals surface area contributed by atoms with Crippen molar-refractivity contribution in [3.05, 3.63) is 28.8 Å². The first-order valence-electron chi connectivity index (χ1n) is 6.59. The quantitative estimate of drug-likeness (QED) is 0.868. The lowest BCUT2D eigenvalue weighted by molar-refractivity contribution is -0.119. The molecule has 0 unspecified atom stereocenters. The first-order chi connectivity index (χ1) is 8.49. The molecular formula is C15H24N2O. The van der Waals surface area contributed by atoms with E-state index in [4.69, 9.17) is 0 Å². The van der Waals surface area contributed by atoms with Gasteiger partial charge >= 0.3 is 0 Å². The van der Waals surface area contributed by atoms with Crippen LogP contribution in [0.25, 0.3) is 0 Å². The first-order valence-corrected chi connectivity index (χ1v) is 6.59. The second kappa shape index (κ2) is 6.43. The zero-order chi connectivity index (χ0) is 13.7. The Morgan fingerprint density at radius 2 is 1.72 bits per heavy atom. The summed E-state index contributed by atoms with van der Waals surface area (Å²) in [5.74, 6) is 0.0822. The van der Waals surface area contributed by atoms with Gasteiger partial charge in [-0.25, -0.2) is 0 Å². The van der Waals surface area contributed by atoms with E-state index >= 15 is 0 Å². The Labute approximate surface area is 110 Å². The van der Waals surface area contributed by atoms with Gasteiger partial charge in [0.05, 0.1) is 6.54 Å². The molecule has 0 aliphatic carbocycles. The molecule has 100 valence electrons. The molecule has 0 saturated heterocycles. The minimum atomic E-state index is 0.0822. The Morgan fingerprint density at radius 1 is 1.17 bits per heavy atom. The van der Waals surface area contributed by atoms with Gasteiger partial charge in [0.1, 0.15) is 0 Å². The van der Waals surface area contributed by atoms with Crippen molar-refractivity contribution in [2.24, 2.45) is 0 Å². The number of benzene rings is 1. The van der Waals surface area contributed by atoms with Gasteiger partial charge in [-0.15, -0.1) is 0 Å². The van der Waals surface area contributed by atoms with Gasteiger partial charge in [0, 0.05) is 18.8 Å². The number of hydrogen-bond donors (Lipinski definition) is 1. The lowest BCUT2D eigenvalue weighted by Crippen LogP contribution is -2.37. The molecule has 0 aliphatic heterocycles. The van der Waals surface area contributed by atoms with Crippen LogP contribution in [0.2, 0.25) is 0 Å². The summed E-state index contributed by atoms with van der Waals surface area (Å²) in [6, 6.07) is 4.34. The molecule has 1 amide bonds. The maximum atomic E-state index is 11.7. The monoisotopic (exact) mass is 248 g/mol. The van der Waals surface area contributed by atoms with Gasteiger partial charge in [-0.3, -0.25) is 4.79 Å². The minimum absolute atomic E-state index is 0.0822. The van der Waals surface area contributed by atoms with Gasteiger partial charge in [0.25, 0.3) is 0 Å². The fourth-order valence-electron chi connectivity index (χ4n) is 2.45. The van der Waals surface area contributed by atoms with Crippen molar-refractivity contribution in [2.45, 2.75) is 34.6 Å². The third kappa shape index (κ3) is 3.49. The summed E-state index contributed by atoms with van der Waals surface area (Å²) in [4.78, 5) is 13.9. The number of hydrogen-bond acceptors (Lipinski definition) is 2. The van der Waals surface area contributed by atoms with E-state index in [-0.39, 0.29) is 5.91 Å². The van der Waals surface area contributed by atoms with Gasteiger partial charge in [-0.2, -0.15) is 0 Å². The number of nitrogens with zero attached hydrogens (tertiary/aromatic N) is 1. The van der Waals surface area contributed by atoms with Crippen molar-refractivity contribution in [1.29, 1.82) is 0 Å². The first kappa shape index (κ1) is 14.6. The summed E-state index contributed by atoms with van der Waals surface area (Å²) < 4.78 is 0. The van der Waals surface area contributed by atoms with E-state index in [0.29, 0.717) is 13.1 Å². The summed E-state index contributed by atoms with van der Waals surface area (Å²) in [5, 5.41) is 2.85. The third-order valence-electron chi connectivity index (χ3n) is 3.04. The number of anilines is 1. The number of rotatable bonds is 5. The van der Waals surface area contributed by atoms with Crippen LogP contribution >= 0.6 is 0 Å². The summed E-state index contributed by atoms with van der Waals surface area (Å²) >= 11 is 0. The molecule has 1 N–H and O–H groups in total. The second-order valence-electron chi connectivity index (χ2n) is 4.72. The predicted octanol–water partition coefficient (Wildman–Crippen LogP) is 2.57. The summed E-state index contributed by atoms with van der Waals surface area (Å²) in [7, 11) is 0. The van der Waals surface area contributed by atoms with Crippen LogP contribution in [-0.4, -0.2) is 25.5 Å². The fourth-order valence-corrected chi connectivity index (χ4v) is 2.45. The van der Waals surface area contributed by atoms with Crippen LogP contribution in [0.15, 0.2) is 12.1 Å². The minimum Gasteiger partial charge on any atom is -0.362 e. The molecule has 0 heterocycles. The molecule has 0 bridgehead atoms. The SMILES string of the molecule is CCNC(=O)CN(CC)c1c(C)cc(C)cc1C. The van der Waals surface area contributed by atoms with E-state index in [1.807, 2.05) is 6.92 Å². The highest BCUT2D eigenvalue weighted by Gasteiger charge is 2.14.